The first-order valence-corrected chi connectivity index (χ1v) is 9.55. The van der Waals surface area contributed by atoms with Gasteiger partial charge in [0.05, 0.1) is 19.0 Å². The fourth-order valence-electron chi connectivity index (χ4n) is 3.37. The van der Waals surface area contributed by atoms with Crippen molar-refractivity contribution in [2.75, 3.05) is 25.5 Å². The van der Waals surface area contributed by atoms with Crippen LogP contribution in [0.2, 0.25) is 0 Å². The Balaban J connectivity index is 1.49. The molecule has 0 aliphatic carbocycles. The van der Waals surface area contributed by atoms with E-state index in [1.54, 1.807) is 35.1 Å². The molecule has 0 bridgehead atoms. The van der Waals surface area contributed by atoms with Crippen molar-refractivity contribution >= 4 is 17.5 Å². The van der Waals surface area contributed by atoms with E-state index in [-0.39, 0.29) is 17.5 Å². The van der Waals surface area contributed by atoms with E-state index in [0.717, 1.165) is 31.6 Å². The number of hydrogen-bond donors (Lipinski definition) is 1. The SMILES string of the molecule is COc1cn(-c2ccccc2)nc1C(=O)Nc1ccc(C(=O)N2CCCC2)cc1. The highest BCUT2D eigenvalue weighted by atomic mass is 16.5. The van der Waals surface area contributed by atoms with E-state index in [1.165, 1.54) is 7.11 Å². The minimum absolute atomic E-state index is 0.0312. The molecule has 1 aliphatic rings. The van der Waals surface area contributed by atoms with Crippen LogP contribution in [0.4, 0.5) is 5.69 Å². The van der Waals surface area contributed by atoms with Gasteiger partial charge in [0.2, 0.25) is 0 Å². The fourth-order valence-corrected chi connectivity index (χ4v) is 3.37. The highest BCUT2D eigenvalue weighted by Gasteiger charge is 2.21. The number of rotatable bonds is 5. The number of amides is 2. The van der Waals surface area contributed by atoms with Crippen LogP contribution < -0.4 is 10.1 Å². The van der Waals surface area contributed by atoms with Gasteiger partial charge < -0.3 is 15.0 Å². The number of hydrogen-bond acceptors (Lipinski definition) is 4. The Hall–Kier alpha value is -3.61. The van der Waals surface area contributed by atoms with E-state index in [1.807, 2.05) is 35.2 Å². The number of aromatic nitrogens is 2. The number of methoxy groups -OCH3 is 1. The van der Waals surface area contributed by atoms with Crippen LogP contribution in [0, 0.1) is 0 Å². The van der Waals surface area contributed by atoms with Crippen molar-refractivity contribution in [3.8, 4) is 11.4 Å². The van der Waals surface area contributed by atoms with Crippen LogP contribution >= 0.6 is 0 Å². The largest absolute Gasteiger partial charge is 0.493 e. The Bertz CT molecular complexity index is 1010. The number of benzene rings is 2. The highest BCUT2D eigenvalue weighted by Crippen LogP contribution is 2.21. The molecule has 3 aromatic rings. The maximum Gasteiger partial charge on any atom is 0.280 e. The third kappa shape index (κ3) is 3.99. The first kappa shape index (κ1) is 18.7. The molecule has 0 radical (unpaired) electrons. The van der Waals surface area contributed by atoms with Crippen LogP contribution in [0.1, 0.15) is 33.7 Å². The summed E-state index contributed by atoms with van der Waals surface area (Å²) in [5.41, 5.74) is 2.23. The molecule has 7 nitrogen and oxygen atoms in total. The second-order valence-electron chi connectivity index (χ2n) is 6.86. The van der Waals surface area contributed by atoms with Crippen LogP contribution in [-0.2, 0) is 0 Å². The summed E-state index contributed by atoms with van der Waals surface area (Å²) < 4.78 is 6.92. The van der Waals surface area contributed by atoms with E-state index in [0.29, 0.717) is 17.0 Å². The molecular weight excluding hydrogens is 368 g/mol. The number of para-hydroxylation sites is 1. The fraction of sp³-hybridized carbons (Fsp3) is 0.227. The van der Waals surface area contributed by atoms with E-state index in [9.17, 15) is 9.59 Å². The van der Waals surface area contributed by atoms with Crippen LogP contribution in [0.5, 0.6) is 5.75 Å². The second-order valence-corrected chi connectivity index (χ2v) is 6.86. The number of likely N-dealkylation sites (tertiary alicyclic amines) is 1. The lowest BCUT2D eigenvalue weighted by atomic mass is 10.2. The summed E-state index contributed by atoms with van der Waals surface area (Å²) in [6.45, 7) is 1.61. The zero-order valence-electron chi connectivity index (χ0n) is 16.2. The van der Waals surface area contributed by atoms with Crippen molar-refractivity contribution in [1.29, 1.82) is 0 Å². The molecular formula is C22H22N4O3. The lowest BCUT2D eigenvalue weighted by molar-refractivity contribution is 0.0792. The molecule has 2 amide bonds. The van der Waals surface area contributed by atoms with Gasteiger partial charge in [0.25, 0.3) is 11.8 Å². The van der Waals surface area contributed by atoms with Gasteiger partial charge in [0, 0.05) is 24.3 Å². The molecule has 1 aromatic heterocycles. The second kappa shape index (κ2) is 8.18. The minimum Gasteiger partial charge on any atom is -0.493 e. The number of nitrogens with one attached hydrogen (secondary N) is 1. The predicted molar refractivity (Wildman–Crippen MR) is 110 cm³/mol. The molecule has 0 saturated carbocycles. The average molecular weight is 390 g/mol. The van der Waals surface area contributed by atoms with Gasteiger partial charge in [-0.05, 0) is 49.2 Å². The molecule has 1 aliphatic heterocycles. The van der Waals surface area contributed by atoms with E-state index in [4.69, 9.17) is 4.74 Å². The van der Waals surface area contributed by atoms with E-state index >= 15 is 0 Å². The highest BCUT2D eigenvalue weighted by molar-refractivity contribution is 6.05. The Morgan fingerprint density at radius 2 is 1.69 bits per heavy atom. The van der Waals surface area contributed by atoms with E-state index < -0.39 is 0 Å². The topological polar surface area (TPSA) is 76.5 Å². The number of nitrogens with zero attached hydrogens (tertiary/aromatic N) is 3. The number of carbonyl (C=O) groups is 2. The lowest BCUT2D eigenvalue weighted by Gasteiger charge is -2.15. The maximum absolute atomic E-state index is 12.7. The number of carbonyl (C=O) groups excluding carboxylic acids is 2. The maximum atomic E-state index is 12.7. The average Bonchev–Trinajstić information content (AvgIpc) is 3.44. The number of anilines is 1. The summed E-state index contributed by atoms with van der Waals surface area (Å²) in [6, 6.07) is 16.4. The molecule has 0 atom stereocenters. The monoisotopic (exact) mass is 390 g/mol. The predicted octanol–water partition coefficient (Wildman–Crippen LogP) is 3.37. The quantitative estimate of drug-likeness (QED) is 0.725. The van der Waals surface area contributed by atoms with Crippen molar-refractivity contribution in [3.63, 3.8) is 0 Å². The van der Waals surface area contributed by atoms with Crippen LogP contribution in [0.15, 0.2) is 60.8 Å². The van der Waals surface area contributed by atoms with Crippen molar-refractivity contribution in [3.05, 3.63) is 72.1 Å². The summed E-state index contributed by atoms with van der Waals surface area (Å²) in [6.07, 6.45) is 3.77. The van der Waals surface area contributed by atoms with Gasteiger partial charge in [-0.15, -0.1) is 0 Å². The molecule has 4 rings (SSSR count). The van der Waals surface area contributed by atoms with Gasteiger partial charge in [-0.25, -0.2) is 4.68 Å². The molecule has 1 N–H and O–H groups in total. The van der Waals surface area contributed by atoms with Gasteiger partial charge in [0.15, 0.2) is 11.4 Å². The molecule has 0 unspecified atom stereocenters. The molecule has 148 valence electrons. The molecule has 29 heavy (non-hydrogen) atoms. The lowest BCUT2D eigenvalue weighted by Crippen LogP contribution is -2.27. The Morgan fingerprint density at radius 3 is 2.34 bits per heavy atom. The third-order valence-corrected chi connectivity index (χ3v) is 4.92. The van der Waals surface area contributed by atoms with Crippen LogP contribution in [0.3, 0.4) is 0 Å². The molecule has 7 heteroatoms. The van der Waals surface area contributed by atoms with Gasteiger partial charge in [0.1, 0.15) is 0 Å². The van der Waals surface area contributed by atoms with Crippen LogP contribution in [0.25, 0.3) is 5.69 Å². The summed E-state index contributed by atoms with van der Waals surface area (Å²) in [7, 11) is 1.50. The minimum atomic E-state index is -0.379. The Kier molecular flexibility index (Phi) is 5.29. The molecule has 2 aromatic carbocycles. The van der Waals surface area contributed by atoms with Gasteiger partial charge >= 0.3 is 0 Å². The van der Waals surface area contributed by atoms with E-state index in [2.05, 4.69) is 10.4 Å². The smallest absolute Gasteiger partial charge is 0.280 e. The van der Waals surface area contributed by atoms with Crippen molar-refractivity contribution < 1.29 is 14.3 Å². The first-order valence-electron chi connectivity index (χ1n) is 9.55. The summed E-state index contributed by atoms with van der Waals surface area (Å²) >= 11 is 0. The molecule has 1 fully saturated rings. The van der Waals surface area contributed by atoms with Gasteiger partial charge in [-0.1, -0.05) is 18.2 Å². The zero-order chi connectivity index (χ0) is 20.2. The Morgan fingerprint density at radius 1 is 1.00 bits per heavy atom. The van der Waals surface area contributed by atoms with Crippen molar-refractivity contribution in [2.24, 2.45) is 0 Å². The normalized spacial score (nSPS) is 13.3. The van der Waals surface area contributed by atoms with Crippen molar-refractivity contribution in [2.45, 2.75) is 12.8 Å². The van der Waals surface area contributed by atoms with Crippen LogP contribution in [-0.4, -0.2) is 46.7 Å². The molecule has 1 saturated heterocycles. The summed E-state index contributed by atoms with van der Waals surface area (Å²) in [5, 5.41) is 7.18. The first-order chi connectivity index (χ1) is 14.2. The summed E-state index contributed by atoms with van der Waals surface area (Å²) in [4.78, 5) is 27.0. The summed E-state index contributed by atoms with van der Waals surface area (Å²) in [5.74, 6) is 0.0333. The van der Waals surface area contributed by atoms with Crippen molar-refractivity contribution in [1.82, 2.24) is 14.7 Å². The Labute approximate surface area is 168 Å². The molecule has 0 spiro atoms. The van der Waals surface area contributed by atoms with Gasteiger partial charge in [-0.2, -0.15) is 5.10 Å². The zero-order valence-corrected chi connectivity index (χ0v) is 16.2. The number of ether oxygens (including phenoxy) is 1. The standard InChI is InChI=1S/C22H22N4O3/c1-29-19-15-26(18-7-3-2-4-8-18)24-20(19)21(27)23-17-11-9-16(10-12-17)22(28)25-13-5-6-14-25/h2-4,7-12,15H,5-6,13-14H2,1H3,(H,23,27). The van der Waals surface area contributed by atoms with Gasteiger partial charge in [-0.3, -0.25) is 9.59 Å². The third-order valence-electron chi connectivity index (χ3n) is 4.92. The molecule has 2 heterocycles.